The normalized spacial score (nSPS) is 11.0. The van der Waals surface area contributed by atoms with Gasteiger partial charge in [-0.3, -0.25) is 4.79 Å². The lowest BCUT2D eigenvalue weighted by Gasteiger charge is -2.13. The summed E-state index contributed by atoms with van der Waals surface area (Å²) in [4.78, 5) is 22.3. The van der Waals surface area contributed by atoms with Crippen LogP contribution in [0, 0.1) is 0 Å². The zero-order valence-corrected chi connectivity index (χ0v) is 12.3. The second-order valence-electron chi connectivity index (χ2n) is 4.83. The van der Waals surface area contributed by atoms with Gasteiger partial charge in [0.25, 0.3) is 0 Å². The Morgan fingerprint density at radius 2 is 1.75 bits per heavy atom. The van der Waals surface area contributed by atoms with Crippen molar-refractivity contribution < 1.29 is 32.6 Å². The van der Waals surface area contributed by atoms with Crippen LogP contribution in [0.3, 0.4) is 0 Å². The highest BCUT2D eigenvalue weighted by atomic mass is 19.4. The first-order valence-electron chi connectivity index (χ1n) is 6.67. The smallest absolute Gasteiger partial charge is 0.478 e. The lowest BCUT2D eigenvalue weighted by molar-refractivity contribution is -0.274. The van der Waals surface area contributed by atoms with Gasteiger partial charge in [0.1, 0.15) is 11.3 Å². The molecule has 2 N–H and O–H groups in total. The van der Waals surface area contributed by atoms with E-state index in [4.69, 9.17) is 5.11 Å². The maximum atomic E-state index is 12.3. The number of benzene rings is 2. The molecule has 0 saturated heterocycles. The molecule has 0 atom stereocenters. The quantitative estimate of drug-likeness (QED) is 0.885. The van der Waals surface area contributed by atoms with Gasteiger partial charge in [-0.1, -0.05) is 18.2 Å². The van der Waals surface area contributed by atoms with E-state index in [1.807, 2.05) is 0 Å². The number of aromatic carboxylic acids is 1. The SMILES string of the molecule is CC(=O)Nc1cccc(-c2ccc(OC(F)(F)F)c(C(=O)O)c2)c1. The molecule has 2 aromatic rings. The zero-order valence-electron chi connectivity index (χ0n) is 12.3. The zero-order chi connectivity index (χ0) is 17.9. The van der Waals surface area contributed by atoms with Gasteiger partial charge in [0, 0.05) is 12.6 Å². The Bertz CT molecular complexity index is 787. The molecule has 0 bridgehead atoms. The molecule has 0 aliphatic carbocycles. The number of anilines is 1. The van der Waals surface area contributed by atoms with Crippen LogP contribution < -0.4 is 10.1 Å². The van der Waals surface area contributed by atoms with Gasteiger partial charge in [-0.25, -0.2) is 4.79 Å². The van der Waals surface area contributed by atoms with Gasteiger partial charge < -0.3 is 15.2 Å². The molecule has 1 amide bonds. The van der Waals surface area contributed by atoms with E-state index < -0.39 is 23.6 Å². The number of carbonyl (C=O) groups is 2. The number of amides is 1. The number of hydrogen-bond acceptors (Lipinski definition) is 3. The van der Waals surface area contributed by atoms with Crippen LogP contribution in [-0.4, -0.2) is 23.3 Å². The van der Waals surface area contributed by atoms with E-state index in [-0.39, 0.29) is 5.91 Å². The summed E-state index contributed by atoms with van der Waals surface area (Å²) in [5.41, 5.74) is 0.763. The van der Waals surface area contributed by atoms with Crippen LogP contribution in [0.2, 0.25) is 0 Å². The van der Waals surface area contributed by atoms with Crippen molar-refractivity contribution in [3.8, 4) is 16.9 Å². The van der Waals surface area contributed by atoms with E-state index in [1.54, 1.807) is 24.3 Å². The summed E-state index contributed by atoms with van der Waals surface area (Å²) < 4.78 is 40.7. The van der Waals surface area contributed by atoms with Crippen LogP contribution in [0.25, 0.3) is 11.1 Å². The number of ether oxygens (including phenoxy) is 1. The van der Waals surface area contributed by atoms with Crippen molar-refractivity contribution >= 4 is 17.6 Å². The Balaban J connectivity index is 2.43. The maximum absolute atomic E-state index is 12.3. The first-order valence-corrected chi connectivity index (χ1v) is 6.67. The van der Waals surface area contributed by atoms with Gasteiger partial charge in [0.05, 0.1) is 0 Å². The molecule has 126 valence electrons. The average Bonchev–Trinajstić information content (AvgIpc) is 2.45. The number of hydrogen-bond donors (Lipinski definition) is 2. The average molecular weight is 339 g/mol. The number of carbonyl (C=O) groups excluding carboxylic acids is 1. The molecule has 0 heterocycles. The van der Waals surface area contributed by atoms with Crippen molar-refractivity contribution in [2.24, 2.45) is 0 Å². The summed E-state index contributed by atoms with van der Waals surface area (Å²) in [7, 11) is 0. The molecule has 2 rings (SSSR count). The fourth-order valence-corrected chi connectivity index (χ4v) is 2.07. The molecule has 0 fully saturated rings. The van der Waals surface area contributed by atoms with Gasteiger partial charge >= 0.3 is 12.3 Å². The highest BCUT2D eigenvalue weighted by molar-refractivity contribution is 5.93. The predicted octanol–water partition coefficient (Wildman–Crippen LogP) is 3.91. The largest absolute Gasteiger partial charge is 0.573 e. The van der Waals surface area contributed by atoms with Crippen LogP contribution in [0.15, 0.2) is 42.5 Å². The standard InChI is InChI=1S/C16H12F3NO4/c1-9(21)20-12-4-2-3-10(7-12)11-5-6-14(24-16(17,18)19)13(8-11)15(22)23/h2-8H,1H3,(H,20,21)(H,22,23). The number of halogens is 3. The maximum Gasteiger partial charge on any atom is 0.573 e. The van der Waals surface area contributed by atoms with Crippen LogP contribution >= 0.6 is 0 Å². The van der Waals surface area contributed by atoms with Crippen molar-refractivity contribution in [3.05, 3.63) is 48.0 Å². The summed E-state index contributed by atoms with van der Waals surface area (Å²) in [6.07, 6.45) is -4.99. The third-order valence-corrected chi connectivity index (χ3v) is 2.95. The predicted molar refractivity (Wildman–Crippen MR) is 79.8 cm³/mol. The van der Waals surface area contributed by atoms with E-state index in [0.717, 1.165) is 12.1 Å². The van der Waals surface area contributed by atoms with Crippen molar-refractivity contribution in [1.29, 1.82) is 0 Å². The van der Waals surface area contributed by atoms with Crippen molar-refractivity contribution in [2.75, 3.05) is 5.32 Å². The first-order chi connectivity index (χ1) is 11.2. The number of alkyl halides is 3. The van der Waals surface area contributed by atoms with E-state index in [2.05, 4.69) is 10.1 Å². The van der Waals surface area contributed by atoms with Crippen LogP contribution in [-0.2, 0) is 4.79 Å². The monoisotopic (exact) mass is 339 g/mol. The fourth-order valence-electron chi connectivity index (χ4n) is 2.07. The molecule has 0 radical (unpaired) electrons. The molecule has 2 aromatic carbocycles. The topological polar surface area (TPSA) is 75.6 Å². The molecule has 0 aliphatic rings. The lowest BCUT2D eigenvalue weighted by atomic mass is 10.0. The minimum atomic E-state index is -4.99. The molecule has 0 unspecified atom stereocenters. The Morgan fingerprint density at radius 1 is 1.08 bits per heavy atom. The number of carboxylic acids is 1. The summed E-state index contributed by atoms with van der Waals surface area (Å²) in [6, 6.07) is 9.79. The fraction of sp³-hybridized carbons (Fsp3) is 0.125. The lowest BCUT2D eigenvalue weighted by Crippen LogP contribution is -2.19. The van der Waals surface area contributed by atoms with Crippen molar-refractivity contribution in [2.45, 2.75) is 13.3 Å². The Labute approximate surface area is 134 Å². The molecule has 0 aliphatic heterocycles. The van der Waals surface area contributed by atoms with Gasteiger partial charge in [0.15, 0.2) is 0 Å². The minimum Gasteiger partial charge on any atom is -0.478 e. The highest BCUT2D eigenvalue weighted by Gasteiger charge is 2.33. The van der Waals surface area contributed by atoms with Crippen LogP contribution in [0.4, 0.5) is 18.9 Å². The van der Waals surface area contributed by atoms with E-state index in [1.165, 1.54) is 13.0 Å². The number of nitrogens with one attached hydrogen (secondary N) is 1. The third-order valence-electron chi connectivity index (χ3n) is 2.95. The minimum absolute atomic E-state index is 0.285. The van der Waals surface area contributed by atoms with Crippen molar-refractivity contribution in [3.63, 3.8) is 0 Å². The number of carboxylic acid groups (broad SMARTS) is 1. The van der Waals surface area contributed by atoms with Gasteiger partial charge in [0.2, 0.25) is 5.91 Å². The molecule has 24 heavy (non-hydrogen) atoms. The first kappa shape index (κ1) is 17.3. The molecule has 0 saturated carbocycles. The van der Waals surface area contributed by atoms with E-state index in [9.17, 15) is 22.8 Å². The van der Waals surface area contributed by atoms with Crippen LogP contribution in [0.5, 0.6) is 5.75 Å². The second-order valence-corrected chi connectivity index (χ2v) is 4.83. The molecule has 0 spiro atoms. The van der Waals surface area contributed by atoms with Gasteiger partial charge in [-0.15, -0.1) is 13.2 Å². The summed E-state index contributed by atoms with van der Waals surface area (Å²) >= 11 is 0. The molecule has 5 nitrogen and oxygen atoms in total. The van der Waals surface area contributed by atoms with Gasteiger partial charge in [-0.05, 0) is 35.4 Å². The molecule has 0 aromatic heterocycles. The van der Waals surface area contributed by atoms with Crippen LogP contribution in [0.1, 0.15) is 17.3 Å². The van der Waals surface area contributed by atoms with Gasteiger partial charge in [-0.2, -0.15) is 0 Å². The molecule has 8 heteroatoms. The van der Waals surface area contributed by atoms with Crippen molar-refractivity contribution in [1.82, 2.24) is 0 Å². The highest BCUT2D eigenvalue weighted by Crippen LogP contribution is 2.31. The Kier molecular flexibility index (Phi) is 4.77. The summed E-state index contributed by atoms with van der Waals surface area (Å²) in [5, 5.41) is 11.7. The van der Waals surface area contributed by atoms with E-state index in [0.29, 0.717) is 16.8 Å². The summed E-state index contributed by atoms with van der Waals surface area (Å²) in [5.74, 6) is -2.63. The second kappa shape index (κ2) is 6.61. The third kappa shape index (κ3) is 4.48. The molecular weight excluding hydrogens is 327 g/mol. The molecular formula is C16H12F3NO4. The summed E-state index contributed by atoms with van der Waals surface area (Å²) in [6.45, 7) is 1.33. The Morgan fingerprint density at radius 3 is 2.33 bits per heavy atom. The number of rotatable bonds is 4. The van der Waals surface area contributed by atoms with E-state index >= 15 is 0 Å². The Hall–Kier alpha value is -3.03.